The van der Waals surface area contributed by atoms with Crippen molar-refractivity contribution in [3.63, 3.8) is 0 Å². The van der Waals surface area contributed by atoms with Crippen LogP contribution in [0.5, 0.6) is 0 Å². The minimum Gasteiger partial charge on any atom is -0.341 e. The number of likely N-dealkylation sites (N-methyl/N-ethyl adjacent to an activating group) is 2. The van der Waals surface area contributed by atoms with Gasteiger partial charge >= 0.3 is 0 Å². The molecule has 0 aromatic heterocycles. The highest BCUT2D eigenvalue weighted by Gasteiger charge is 2.20. The maximum atomic E-state index is 12.4. The molecule has 2 unspecified atom stereocenters. The predicted octanol–water partition coefficient (Wildman–Crippen LogP) is 3.34. The SMILES string of the molecule is CCN(CC(C)C#N)C(=O)CN(C)C(C)c1cccc(Cl)c1. The van der Waals surface area contributed by atoms with E-state index in [0.717, 1.165) is 5.56 Å². The number of hydrogen-bond donors (Lipinski definition) is 0. The molecule has 2 atom stereocenters. The summed E-state index contributed by atoms with van der Waals surface area (Å²) in [5.41, 5.74) is 1.08. The van der Waals surface area contributed by atoms with E-state index in [-0.39, 0.29) is 17.9 Å². The third-order valence-corrected chi connectivity index (χ3v) is 4.06. The van der Waals surface area contributed by atoms with E-state index in [9.17, 15) is 4.79 Å². The topological polar surface area (TPSA) is 47.3 Å². The Labute approximate surface area is 138 Å². The summed E-state index contributed by atoms with van der Waals surface area (Å²) in [6, 6.07) is 9.94. The first-order chi connectivity index (χ1) is 10.4. The minimum atomic E-state index is -0.153. The molecule has 0 heterocycles. The Morgan fingerprint density at radius 3 is 2.64 bits per heavy atom. The molecule has 0 bridgehead atoms. The Bertz CT molecular complexity index is 541. The molecule has 0 aliphatic heterocycles. The molecular weight excluding hydrogens is 298 g/mol. The van der Waals surface area contributed by atoms with Crippen LogP contribution in [0.25, 0.3) is 0 Å². The van der Waals surface area contributed by atoms with Crippen LogP contribution in [0.4, 0.5) is 0 Å². The molecule has 0 saturated carbocycles. The van der Waals surface area contributed by atoms with Gasteiger partial charge in [0.05, 0.1) is 18.5 Å². The maximum Gasteiger partial charge on any atom is 0.236 e. The van der Waals surface area contributed by atoms with Crippen molar-refractivity contribution in [2.75, 3.05) is 26.7 Å². The van der Waals surface area contributed by atoms with E-state index in [1.54, 1.807) is 4.90 Å². The van der Waals surface area contributed by atoms with Crippen LogP contribution in [0.2, 0.25) is 5.02 Å². The Balaban J connectivity index is 2.68. The zero-order chi connectivity index (χ0) is 16.7. The van der Waals surface area contributed by atoms with Gasteiger partial charge in [0.2, 0.25) is 5.91 Å². The molecule has 0 fully saturated rings. The predicted molar refractivity (Wildman–Crippen MR) is 89.5 cm³/mol. The molecule has 0 aliphatic rings. The van der Waals surface area contributed by atoms with E-state index < -0.39 is 0 Å². The summed E-state index contributed by atoms with van der Waals surface area (Å²) in [5.74, 6) is -0.111. The third kappa shape index (κ3) is 5.32. The van der Waals surface area contributed by atoms with Gasteiger partial charge in [-0.25, -0.2) is 0 Å². The summed E-state index contributed by atoms with van der Waals surface area (Å²) < 4.78 is 0. The molecule has 1 aromatic rings. The third-order valence-electron chi connectivity index (χ3n) is 3.83. The number of halogens is 1. The molecule has 5 heteroatoms. The van der Waals surface area contributed by atoms with Gasteiger partial charge in [-0.3, -0.25) is 9.69 Å². The molecule has 0 radical (unpaired) electrons. The smallest absolute Gasteiger partial charge is 0.236 e. The second kappa shape index (κ2) is 8.77. The summed E-state index contributed by atoms with van der Waals surface area (Å²) in [6.07, 6.45) is 0. The molecule has 1 amide bonds. The number of carbonyl (C=O) groups is 1. The van der Waals surface area contributed by atoms with E-state index in [0.29, 0.717) is 24.7 Å². The van der Waals surface area contributed by atoms with Crippen LogP contribution in [0, 0.1) is 17.2 Å². The van der Waals surface area contributed by atoms with Gasteiger partial charge in [-0.15, -0.1) is 0 Å². The standard InChI is InChI=1S/C17H24ClN3O/c1-5-21(11-13(2)10-19)17(22)12-20(4)14(3)15-7-6-8-16(18)9-15/h6-9,13-14H,5,11-12H2,1-4H3. The lowest BCUT2D eigenvalue weighted by molar-refractivity contribution is -0.132. The summed E-state index contributed by atoms with van der Waals surface area (Å²) in [7, 11) is 1.92. The average molecular weight is 322 g/mol. The van der Waals surface area contributed by atoms with Gasteiger partial charge in [0.25, 0.3) is 0 Å². The lowest BCUT2D eigenvalue weighted by Crippen LogP contribution is -2.41. The van der Waals surface area contributed by atoms with Crippen molar-refractivity contribution in [2.24, 2.45) is 5.92 Å². The van der Waals surface area contributed by atoms with Gasteiger partial charge in [0.1, 0.15) is 0 Å². The maximum absolute atomic E-state index is 12.4. The fourth-order valence-electron chi connectivity index (χ4n) is 2.25. The van der Waals surface area contributed by atoms with Crippen molar-refractivity contribution in [1.29, 1.82) is 5.26 Å². The Morgan fingerprint density at radius 1 is 1.41 bits per heavy atom. The summed E-state index contributed by atoms with van der Waals surface area (Å²) in [4.78, 5) is 16.1. The number of hydrogen-bond acceptors (Lipinski definition) is 3. The molecule has 120 valence electrons. The number of carbonyl (C=O) groups excluding carboxylic acids is 1. The molecule has 0 aliphatic carbocycles. The Morgan fingerprint density at radius 2 is 2.09 bits per heavy atom. The first kappa shape index (κ1) is 18.5. The van der Waals surface area contributed by atoms with Crippen LogP contribution in [0.3, 0.4) is 0 Å². The van der Waals surface area contributed by atoms with Crippen molar-refractivity contribution in [3.8, 4) is 6.07 Å². The fraction of sp³-hybridized carbons (Fsp3) is 0.529. The monoisotopic (exact) mass is 321 g/mol. The van der Waals surface area contributed by atoms with Crippen LogP contribution in [-0.4, -0.2) is 42.4 Å². The zero-order valence-corrected chi connectivity index (χ0v) is 14.5. The number of amides is 1. The van der Waals surface area contributed by atoms with Gasteiger partial charge in [-0.2, -0.15) is 5.26 Å². The zero-order valence-electron chi connectivity index (χ0n) is 13.7. The molecule has 22 heavy (non-hydrogen) atoms. The number of benzene rings is 1. The van der Waals surface area contributed by atoms with Crippen LogP contribution in [0.15, 0.2) is 24.3 Å². The molecule has 4 nitrogen and oxygen atoms in total. The highest BCUT2D eigenvalue weighted by Crippen LogP contribution is 2.21. The lowest BCUT2D eigenvalue weighted by Gasteiger charge is -2.28. The molecule has 0 spiro atoms. The van der Waals surface area contributed by atoms with Gasteiger partial charge in [0.15, 0.2) is 0 Å². The number of nitrogens with zero attached hydrogens (tertiary/aromatic N) is 3. The number of nitriles is 1. The van der Waals surface area contributed by atoms with Crippen molar-refractivity contribution >= 4 is 17.5 Å². The van der Waals surface area contributed by atoms with Gasteiger partial charge in [0, 0.05) is 24.2 Å². The van der Waals surface area contributed by atoms with E-state index in [1.807, 2.05) is 57.0 Å². The first-order valence-electron chi connectivity index (χ1n) is 7.52. The second-order valence-corrected chi connectivity index (χ2v) is 6.05. The van der Waals surface area contributed by atoms with Crippen molar-refractivity contribution in [3.05, 3.63) is 34.9 Å². The van der Waals surface area contributed by atoms with Crippen LogP contribution < -0.4 is 0 Å². The van der Waals surface area contributed by atoms with E-state index in [4.69, 9.17) is 16.9 Å². The summed E-state index contributed by atoms with van der Waals surface area (Å²) in [6.45, 7) is 7.22. The van der Waals surface area contributed by atoms with E-state index in [2.05, 4.69) is 6.07 Å². The fourth-order valence-corrected chi connectivity index (χ4v) is 2.45. The largest absolute Gasteiger partial charge is 0.341 e. The number of rotatable bonds is 7. The molecule has 0 N–H and O–H groups in total. The minimum absolute atomic E-state index is 0.0426. The summed E-state index contributed by atoms with van der Waals surface area (Å²) >= 11 is 6.02. The molecular formula is C17H24ClN3O. The van der Waals surface area contributed by atoms with Crippen LogP contribution in [0.1, 0.15) is 32.4 Å². The lowest BCUT2D eigenvalue weighted by atomic mass is 10.1. The Kier molecular flexibility index (Phi) is 7.37. The van der Waals surface area contributed by atoms with Gasteiger partial charge in [-0.1, -0.05) is 23.7 Å². The highest BCUT2D eigenvalue weighted by molar-refractivity contribution is 6.30. The normalized spacial score (nSPS) is 13.5. The quantitative estimate of drug-likeness (QED) is 0.773. The first-order valence-corrected chi connectivity index (χ1v) is 7.89. The van der Waals surface area contributed by atoms with Gasteiger partial charge in [-0.05, 0) is 45.5 Å². The van der Waals surface area contributed by atoms with Gasteiger partial charge < -0.3 is 4.90 Å². The van der Waals surface area contributed by atoms with Crippen molar-refractivity contribution in [1.82, 2.24) is 9.80 Å². The summed E-state index contributed by atoms with van der Waals surface area (Å²) in [5, 5.41) is 9.59. The van der Waals surface area contributed by atoms with Crippen LogP contribution >= 0.6 is 11.6 Å². The molecule has 1 rings (SSSR count). The van der Waals surface area contributed by atoms with Crippen LogP contribution in [-0.2, 0) is 4.79 Å². The van der Waals surface area contributed by atoms with E-state index in [1.165, 1.54) is 0 Å². The van der Waals surface area contributed by atoms with Crippen molar-refractivity contribution in [2.45, 2.75) is 26.8 Å². The highest BCUT2D eigenvalue weighted by atomic mass is 35.5. The average Bonchev–Trinajstić information content (AvgIpc) is 2.51. The molecule has 1 aromatic carbocycles. The Hall–Kier alpha value is -1.57. The second-order valence-electron chi connectivity index (χ2n) is 5.61. The molecule has 0 saturated heterocycles. The van der Waals surface area contributed by atoms with Crippen molar-refractivity contribution < 1.29 is 4.79 Å². The van der Waals surface area contributed by atoms with E-state index >= 15 is 0 Å².